The van der Waals surface area contributed by atoms with Crippen molar-refractivity contribution in [3.05, 3.63) is 48.7 Å². The highest BCUT2D eigenvalue weighted by Crippen LogP contribution is 2.16. The number of allylic oxidation sites excluding steroid dienone is 2. The Bertz CT molecular complexity index is 333. The van der Waals surface area contributed by atoms with Gasteiger partial charge in [-0.25, -0.2) is 0 Å². The largest absolute Gasteiger partial charge is 0.359 e. The van der Waals surface area contributed by atoms with Crippen LogP contribution in [0.1, 0.15) is 25.8 Å². The first-order valence-electron chi connectivity index (χ1n) is 4.84. The van der Waals surface area contributed by atoms with Crippen LogP contribution in [0.3, 0.4) is 0 Å². The Labute approximate surface area is 86.2 Å². The molecule has 1 aromatic carbocycles. The molecule has 0 saturated heterocycles. The van der Waals surface area contributed by atoms with E-state index in [-0.39, 0.29) is 0 Å². The summed E-state index contributed by atoms with van der Waals surface area (Å²) < 4.78 is 0. The van der Waals surface area contributed by atoms with Gasteiger partial charge in [0, 0.05) is 11.4 Å². The van der Waals surface area contributed by atoms with Gasteiger partial charge in [0.05, 0.1) is 0 Å². The SMILES string of the molecule is C=C(CC)Nc1ccc(C(=C)C)cc1. The third kappa shape index (κ3) is 2.77. The van der Waals surface area contributed by atoms with Crippen LogP contribution in [0.4, 0.5) is 5.69 Å². The molecular formula is C13H17N. The van der Waals surface area contributed by atoms with Gasteiger partial charge in [-0.05, 0) is 31.0 Å². The first-order chi connectivity index (χ1) is 6.63. The highest BCUT2D eigenvalue weighted by molar-refractivity contribution is 5.64. The molecule has 0 spiro atoms. The molecule has 0 atom stereocenters. The van der Waals surface area contributed by atoms with Gasteiger partial charge in [-0.1, -0.05) is 37.8 Å². The molecule has 0 aliphatic rings. The molecule has 1 aromatic rings. The lowest BCUT2D eigenvalue weighted by molar-refractivity contribution is 1.11. The average Bonchev–Trinajstić information content (AvgIpc) is 2.18. The zero-order valence-corrected chi connectivity index (χ0v) is 8.93. The van der Waals surface area contributed by atoms with Gasteiger partial charge in [0.25, 0.3) is 0 Å². The van der Waals surface area contributed by atoms with E-state index in [1.54, 1.807) is 0 Å². The first kappa shape index (κ1) is 10.6. The van der Waals surface area contributed by atoms with Crippen LogP contribution >= 0.6 is 0 Å². The topological polar surface area (TPSA) is 12.0 Å². The van der Waals surface area contributed by atoms with E-state index < -0.39 is 0 Å². The molecular weight excluding hydrogens is 170 g/mol. The highest BCUT2D eigenvalue weighted by Gasteiger charge is 1.95. The average molecular weight is 187 g/mol. The molecule has 0 saturated carbocycles. The molecule has 0 heterocycles. The fraction of sp³-hybridized carbons (Fsp3) is 0.231. The summed E-state index contributed by atoms with van der Waals surface area (Å²) in [4.78, 5) is 0. The summed E-state index contributed by atoms with van der Waals surface area (Å²) in [5.74, 6) is 0. The monoisotopic (exact) mass is 187 g/mol. The van der Waals surface area contributed by atoms with Crippen molar-refractivity contribution in [3.8, 4) is 0 Å². The van der Waals surface area contributed by atoms with Gasteiger partial charge in [-0.15, -0.1) is 0 Å². The predicted octanol–water partition coefficient (Wildman–Crippen LogP) is 4.06. The van der Waals surface area contributed by atoms with E-state index in [0.29, 0.717) is 0 Å². The van der Waals surface area contributed by atoms with Gasteiger partial charge in [-0.3, -0.25) is 0 Å². The van der Waals surface area contributed by atoms with Gasteiger partial charge in [0.2, 0.25) is 0 Å². The van der Waals surface area contributed by atoms with Crippen LogP contribution in [-0.4, -0.2) is 0 Å². The van der Waals surface area contributed by atoms with Crippen molar-refractivity contribution in [2.75, 3.05) is 5.32 Å². The molecule has 1 heteroatoms. The second kappa shape index (κ2) is 4.66. The molecule has 1 nitrogen and oxygen atoms in total. The fourth-order valence-electron chi connectivity index (χ4n) is 1.13. The van der Waals surface area contributed by atoms with Crippen LogP contribution in [0.15, 0.2) is 43.1 Å². The molecule has 0 aliphatic heterocycles. The number of anilines is 1. The maximum absolute atomic E-state index is 3.90. The smallest absolute Gasteiger partial charge is 0.0382 e. The van der Waals surface area contributed by atoms with Gasteiger partial charge in [0.1, 0.15) is 0 Å². The zero-order chi connectivity index (χ0) is 10.6. The third-order valence-corrected chi connectivity index (χ3v) is 2.13. The van der Waals surface area contributed by atoms with Crippen molar-refractivity contribution in [3.63, 3.8) is 0 Å². The standard InChI is InChI=1S/C13H17N/c1-5-11(4)14-13-8-6-12(7-9-13)10(2)3/h6-9,14H,2,4-5H2,1,3H3. The summed E-state index contributed by atoms with van der Waals surface area (Å²) in [5.41, 5.74) is 4.39. The van der Waals surface area contributed by atoms with E-state index in [2.05, 4.69) is 37.5 Å². The van der Waals surface area contributed by atoms with E-state index in [1.165, 1.54) is 5.56 Å². The Hall–Kier alpha value is -1.50. The fourth-order valence-corrected chi connectivity index (χ4v) is 1.13. The van der Waals surface area contributed by atoms with Crippen molar-refractivity contribution in [1.29, 1.82) is 0 Å². The van der Waals surface area contributed by atoms with Crippen LogP contribution in [0.5, 0.6) is 0 Å². The summed E-state index contributed by atoms with van der Waals surface area (Å²) in [5, 5.41) is 3.23. The van der Waals surface area contributed by atoms with Crippen LogP contribution in [0.25, 0.3) is 5.57 Å². The van der Waals surface area contributed by atoms with Gasteiger partial charge in [0.15, 0.2) is 0 Å². The quantitative estimate of drug-likeness (QED) is 0.749. The van der Waals surface area contributed by atoms with Crippen molar-refractivity contribution < 1.29 is 0 Å². The minimum Gasteiger partial charge on any atom is -0.359 e. The van der Waals surface area contributed by atoms with Crippen molar-refractivity contribution >= 4 is 11.3 Å². The van der Waals surface area contributed by atoms with E-state index in [4.69, 9.17) is 0 Å². The lowest BCUT2D eigenvalue weighted by atomic mass is 10.1. The molecule has 74 valence electrons. The van der Waals surface area contributed by atoms with E-state index >= 15 is 0 Å². The van der Waals surface area contributed by atoms with Crippen LogP contribution in [-0.2, 0) is 0 Å². The summed E-state index contributed by atoms with van der Waals surface area (Å²) in [6, 6.07) is 8.22. The number of nitrogens with one attached hydrogen (secondary N) is 1. The summed E-state index contributed by atoms with van der Waals surface area (Å²) >= 11 is 0. The summed E-state index contributed by atoms with van der Waals surface area (Å²) in [6.07, 6.45) is 0.947. The lowest BCUT2D eigenvalue weighted by Gasteiger charge is -2.08. The number of hydrogen-bond donors (Lipinski definition) is 1. The number of rotatable bonds is 4. The van der Waals surface area contributed by atoms with E-state index in [9.17, 15) is 0 Å². The Kier molecular flexibility index (Phi) is 3.52. The Balaban J connectivity index is 2.73. The first-order valence-corrected chi connectivity index (χ1v) is 4.84. The van der Waals surface area contributed by atoms with E-state index in [0.717, 1.165) is 23.4 Å². The molecule has 14 heavy (non-hydrogen) atoms. The minimum absolute atomic E-state index is 0.947. The van der Waals surface area contributed by atoms with Crippen molar-refractivity contribution in [2.24, 2.45) is 0 Å². The summed E-state index contributed by atoms with van der Waals surface area (Å²) in [6.45, 7) is 11.9. The lowest BCUT2D eigenvalue weighted by Crippen LogP contribution is -1.95. The predicted molar refractivity (Wildman–Crippen MR) is 64.2 cm³/mol. The molecule has 0 radical (unpaired) electrons. The number of hydrogen-bond acceptors (Lipinski definition) is 1. The second-order valence-corrected chi connectivity index (χ2v) is 3.44. The minimum atomic E-state index is 0.947. The van der Waals surface area contributed by atoms with Gasteiger partial charge < -0.3 is 5.32 Å². The molecule has 0 amide bonds. The molecule has 0 unspecified atom stereocenters. The maximum atomic E-state index is 3.90. The zero-order valence-electron chi connectivity index (χ0n) is 8.93. The second-order valence-electron chi connectivity index (χ2n) is 3.44. The van der Waals surface area contributed by atoms with Crippen LogP contribution < -0.4 is 5.32 Å². The molecule has 1 N–H and O–H groups in total. The molecule has 0 fully saturated rings. The summed E-state index contributed by atoms with van der Waals surface area (Å²) in [7, 11) is 0. The van der Waals surface area contributed by atoms with Crippen molar-refractivity contribution in [1.82, 2.24) is 0 Å². The van der Waals surface area contributed by atoms with E-state index in [1.807, 2.05) is 19.1 Å². The van der Waals surface area contributed by atoms with Gasteiger partial charge in [-0.2, -0.15) is 0 Å². The van der Waals surface area contributed by atoms with Crippen molar-refractivity contribution in [2.45, 2.75) is 20.3 Å². The maximum Gasteiger partial charge on any atom is 0.0382 e. The molecule has 0 aromatic heterocycles. The third-order valence-electron chi connectivity index (χ3n) is 2.13. The van der Waals surface area contributed by atoms with Crippen LogP contribution in [0.2, 0.25) is 0 Å². The molecule has 0 aliphatic carbocycles. The highest BCUT2D eigenvalue weighted by atomic mass is 14.9. The number of benzene rings is 1. The molecule has 1 rings (SSSR count). The Morgan fingerprint density at radius 2 is 1.79 bits per heavy atom. The van der Waals surface area contributed by atoms with Crippen LogP contribution in [0, 0.1) is 0 Å². The Morgan fingerprint density at radius 3 is 2.21 bits per heavy atom. The molecule has 0 bridgehead atoms. The normalized spacial score (nSPS) is 9.57. The van der Waals surface area contributed by atoms with Gasteiger partial charge >= 0.3 is 0 Å². The Morgan fingerprint density at radius 1 is 1.21 bits per heavy atom.